The summed E-state index contributed by atoms with van der Waals surface area (Å²) in [7, 11) is 0. The van der Waals surface area contributed by atoms with Crippen molar-refractivity contribution in [1.29, 1.82) is 0 Å². The molecule has 0 aliphatic carbocycles. The Labute approximate surface area is 180 Å². The molecule has 3 rings (SSSR count). The van der Waals surface area contributed by atoms with Gasteiger partial charge in [0, 0.05) is 43.1 Å². The van der Waals surface area contributed by atoms with E-state index in [1.807, 2.05) is 25.0 Å². The molecule has 0 bridgehead atoms. The number of aryl methyl sites for hydroxylation is 1. The van der Waals surface area contributed by atoms with Crippen LogP contribution < -0.4 is 5.32 Å². The standard InChI is InChI=1S/C20H30N4O3S2/c1-4-20(15-5-9-23(10-6-15)17(25)8-12-28-3)18(26)24(19(27)22-20)11-7-16-14(2)21-13-29-16/h13,15H,4-12H2,1-3H3,(H,22,27)/t20-/m0/s1. The van der Waals surface area contributed by atoms with Crippen molar-refractivity contribution in [2.24, 2.45) is 5.92 Å². The Balaban J connectivity index is 1.63. The van der Waals surface area contributed by atoms with Crippen LogP contribution in [0.25, 0.3) is 0 Å². The number of carbonyl (C=O) groups is 3. The fraction of sp³-hybridized carbons (Fsp3) is 0.700. The van der Waals surface area contributed by atoms with Crippen molar-refractivity contribution < 1.29 is 14.4 Å². The summed E-state index contributed by atoms with van der Waals surface area (Å²) >= 11 is 3.23. The molecule has 2 saturated heterocycles. The molecule has 2 fully saturated rings. The van der Waals surface area contributed by atoms with Crippen LogP contribution in [0.4, 0.5) is 4.79 Å². The van der Waals surface area contributed by atoms with Crippen LogP contribution in [0.2, 0.25) is 0 Å². The van der Waals surface area contributed by atoms with Crippen molar-refractivity contribution in [1.82, 2.24) is 20.1 Å². The average Bonchev–Trinajstić information content (AvgIpc) is 3.25. The van der Waals surface area contributed by atoms with E-state index in [9.17, 15) is 14.4 Å². The zero-order chi connectivity index (χ0) is 21.0. The van der Waals surface area contributed by atoms with Crippen LogP contribution in [0, 0.1) is 12.8 Å². The van der Waals surface area contributed by atoms with Crippen LogP contribution in [0.3, 0.4) is 0 Å². The highest BCUT2D eigenvalue weighted by Gasteiger charge is 2.54. The Kier molecular flexibility index (Phi) is 7.21. The van der Waals surface area contributed by atoms with Crippen LogP contribution in [-0.2, 0) is 16.0 Å². The lowest BCUT2D eigenvalue weighted by Gasteiger charge is -2.40. The number of urea groups is 1. The summed E-state index contributed by atoms with van der Waals surface area (Å²) in [5.41, 5.74) is 1.91. The maximum Gasteiger partial charge on any atom is 0.325 e. The average molecular weight is 439 g/mol. The molecular formula is C20H30N4O3S2. The Morgan fingerprint density at radius 1 is 1.38 bits per heavy atom. The lowest BCUT2D eigenvalue weighted by Crippen LogP contribution is -2.56. The first-order valence-electron chi connectivity index (χ1n) is 10.2. The number of thiazole rings is 1. The van der Waals surface area contributed by atoms with Crippen LogP contribution in [0.5, 0.6) is 0 Å². The maximum absolute atomic E-state index is 13.3. The molecule has 4 amide bonds. The number of amides is 4. The predicted octanol–water partition coefficient (Wildman–Crippen LogP) is 2.69. The van der Waals surface area contributed by atoms with E-state index < -0.39 is 5.54 Å². The number of imide groups is 1. The van der Waals surface area contributed by atoms with E-state index in [0.29, 0.717) is 38.9 Å². The topological polar surface area (TPSA) is 82.6 Å². The molecule has 1 atom stereocenters. The first-order chi connectivity index (χ1) is 13.9. The second-order valence-corrected chi connectivity index (χ2v) is 9.65. The largest absolute Gasteiger partial charge is 0.343 e. The Bertz CT molecular complexity index is 761. The van der Waals surface area contributed by atoms with Gasteiger partial charge in [-0.3, -0.25) is 14.5 Å². The first-order valence-corrected chi connectivity index (χ1v) is 12.5. The van der Waals surface area contributed by atoms with Crippen LogP contribution in [-0.4, -0.2) is 69.8 Å². The van der Waals surface area contributed by atoms with Crippen LogP contribution >= 0.6 is 23.1 Å². The van der Waals surface area contributed by atoms with E-state index >= 15 is 0 Å². The Hall–Kier alpha value is -1.61. The molecule has 160 valence electrons. The zero-order valence-electron chi connectivity index (χ0n) is 17.4. The van der Waals surface area contributed by atoms with E-state index in [0.717, 1.165) is 29.2 Å². The molecule has 9 heteroatoms. The first kappa shape index (κ1) is 22.1. The Morgan fingerprint density at radius 3 is 2.69 bits per heavy atom. The molecule has 2 aliphatic rings. The minimum Gasteiger partial charge on any atom is -0.343 e. The number of carbonyl (C=O) groups excluding carboxylic acids is 3. The maximum atomic E-state index is 13.3. The molecule has 0 radical (unpaired) electrons. The highest BCUT2D eigenvalue weighted by molar-refractivity contribution is 7.98. The molecule has 0 saturated carbocycles. The van der Waals surface area contributed by atoms with E-state index in [4.69, 9.17) is 0 Å². The molecule has 1 aromatic rings. The normalized spacial score (nSPS) is 23.0. The van der Waals surface area contributed by atoms with Crippen molar-refractivity contribution >= 4 is 40.9 Å². The molecule has 0 unspecified atom stereocenters. The van der Waals surface area contributed by atoms with E-state index in [-0.39, 0.29) is 23.8 Å². The number of aromatic nitrogens is 1. The highest BCUT2D eigenvalue weighted by Crippen LogP contribution is 2.36. The SMILES string of the molecule is CC[C@@]1(C2CCN(C(=O)CCSC)CC2)NC(=O)N(CCc2scnc2C)C1=O. The second kappa shape index (κ2) is 9.47. The van der Waals surface area contributed by atoms with Crippen molar-refractivity contribution in [3.05, 3.63) is 16.1 Å². The summed E-state index contributed by atoms with van der Waals surface area (Å²) in [6.07, 6.45) is 5.25. The highest BCUT2D eigenvalue weighted by atomic mass is 32.2. The molecule has 0 aromatic carbocycles. The van der Waals surface area contributed by atoms with Crippen LogP contribution in [0.15, 0.2) is 5.51 Å². The summed E-state index contributed by atoms with van der Waals surface area (Å²) in [6.45, 7) is 5.60. The molecule has 0 spiro atoms. The van der Waals surface area contributed by atoms with Crippen molar-refractivity contribution in [2.75, 3.05) is 31.6 Å². The smallest absolute Gasteiger partial charge is 0.325 e. The summed E-state index contributed by atoms with van der Waals surface area (Å²) in [5, 5.41) is 3.03. The van der Waals surface area contributed by atoms with Gasteiger partial charge in [0.15, 0.2) is 0 Å². The van der Waals surface area contributed by atoms with Crippen molar-refractivity contribution in [3.8, 4) is 0 Å². The van der Waals surface area contributed by atoms with Crippen LogP contribution in [0.1, 0.15) is 43.2 Å². The van der Waals surface area contributed by atoms with Gasteiger partial charge in [0.2, 0.25) is 5.91 Å². The Morgan fingerprint density at radius 2 is 2.10 bits per heavy atom. The third-order valence-corrected chi connectivity index (χ3v) is 7.84. The number of rotatable bonds is 8. The van der Waals surface area contributed by atoms with E-state index in [2.05, 4.69) is 10.3 Å². The quantitative estimate of drug-likeness (QED) is 0.631. The van der Waals surface area contributed by atoms with Gasteiger partial charge in [0.25, 0.3) is 5.91 Å². The summed E-state index contributed by atoms with van der Waals surface area (Å²) in [4.78, 5) is 46.9. The van der Waals surface area contributed by atoms with Crippen molar-refractivity contribution in [2.45, 2.75) is 51.5 Å². The van der Waals surface area contributed by atoms with Gasteiger partial charge in [-0.05, 0) is 38.4 Å². The van der Waals surface area contributed by atoms with Gasteiger partial charge >= 0.3 is 6.03 Å². The van der Waals surface area contributed by atoms with Gasteiger partial charge in [0.1, 0.15) is 5.54 Å². The van der Waals surface area contributed by atoms with Gasteiger partial charge in [-0.1, -0.05) is 6.92 Å². The van der Waals surface area contributed by atoms with Gasteiger partial charge in [-0.25, -0.2) is 9.78 Å². The fourth-order valence-electron chi connectivity index (χ4n) is 4.40. The number of hydrogen-bond acceptors (Lipinski definition) is 6. The molecule has 3 heterocycles. The number of nitrogens with zero attached hydrogens (tertiary/aromatic N) is 3. The second-order valence-electron chi connectivity index (χ2n) is 7.72. The monoisotopic (exact) mass is 438 g/mol. The minimum atomic E-state index is -0.839. The number of likely N-dealkylation sites (tertiary alicyclic amines) is 1. The molecule has 29 heavy (non-hydrogen) atoms. The molecular weight excluding hydrogens is 408 g/mol. The summed E-state index contributed by atoms with van der Waals surface area (Å²) in [6, 6.07) is -0.294. The van der Waals surface area contributed by atoms with Crippen molar-refractivity contribution in [3.63, 3.8) is 0 Å². The summed E-state index contributed by atoms with van der Waals surface area (Å²) < 4.78 is 0. The molecule has 1 aromatic heterocycles. The fourth-order valence-corrected chi connectivity index (χ4v) is 5.55. The number of hydrogen-bond donors (Lipinski definition) is 1. The third kappa shape index (κ3) is 4.45. The zero-order valence-corrected chi connectivity index (χ0v) is 19.0. The molecule has 7 nitrogen and oxygen atoms in total. The lowest BCUT2D eigenvalue weighted by atomic mass is 9.75. The predicted molar refractivity (Wildman–Crippen MR) is 116 cm³/mol. The van der Waals surface area contributed by atoms with Gasteiger partial charge in [0.05, 0.1) is 11.2 Å². The third-order valence-electron chi connectivity index (χ3n) is 6.23. The lowest BCUT2D eigenvalue weighted by molar-refractivity contribution is -0.136. The number of piperidine rings is 1. The van der Waals surface area contributed by atoms with Gasteiger partial charge in [-0.15, -0.1) is 11.3 Å². The summed E-state index contributed by atoms with van der Waals surface area (Å²) in [5.74, 6) is 0.968. The molecule has 1 N–H and O–H groups in total. The molecule has 2 aliphatic heterocycles. The number of thioether (sulfide) groups is 1. The van der Waals surface area contributed by atoms with Gasteiger partial charge in [-0.2, -0.15) is 11.8 Å². The van der Waals surface area contributed by atoms with E-state index in [1.54, 1.807) is 28.6 Å². The minimum absolute atomic E-state index is 0.0590. The number of nitrogens with one attached hydrogen (secondary N) is 1. The van der Waals surface area contributed by atoms with Gasteiger partial charge < -0.3 is 10.2 Å². The van der Waals surface area contributed by atoms with E-state index in [1.165, 1.54) is 4.90 Å².